The summed E-state index contributed by atoms with van der Waals surface area (Å²) in [5, 5.41) is 0.817. The quantitative estimate of drug-likeness (QED) is 0.559. The van der Waals surface area contributed by atoms with E-state index in [0.29, 0.717) is 5.65 Å². The molecule has 7 heteroatoms. The zero-order chi connectivity index (χ0) is 13.2. The van der Waals surface area contributed by atoms with E-state index >= 15 is 0 Å². The minimum Gasteiger partial charge on any atom is -0.468 e. The number of nitrogens with two attached hydrogens (primary N) is 1. The molecule has 0 bridgehead atoms. The molecule has 0 saturated heterocycles. The Balaban J connectivity index is 1.96. The van der Waals surface area contributed by atoms with E-state index < -0.39 is 0 Å². The predicted molar refractivity (Wildman–Crippen MR) is 72.6 cm³/mol. The maximum Gasteiger partial charge on any atom is 0.181 e. The third-order valence-electron chi connectivity index (χ3n) is 2.73. The molecule has 0 spiro atoms. The number of nitrogens with zero attached hydrogens (tertiary/aromatic N) is 3. The summed E-state index contributed by atoms with van der Waals surface area (Å²) in [4.78, 5) is 15.6. The van der Waals surface area contributed by atoms with Gasteiger partial charge < -0.3 is 15.1 Å². The normalized spacial score (nSPS) is 14.6. The van der Waals surface area contributed by atoms with Crippen LogP contribution in [0.25, 0.3) is 11.2 Å². The van der Waals surface area contributed by atoms with Crippen molar-refractivity contribution in [3.05, 3.63) is 36.8 Å². The summed E-state index contributed by atoms with van der Waals surface area (Å²) in [6.07, 6.45) is 4.76. The zero-order valence-electron chi connectivity index (χ0n) is 10.3. The van der Waals surface area contributed by atoms with Crippen molar-refractivity contribution in [3.8, 4) is 0 Å². The molecule has 19 heavy (non-hydrogen) atoms. The van der Waals surface area contributed by atoms with Crippen LogP contribution in [-0.4, -0.2) is 26.0 Å². The molecule has 0 amide bonds. The van der Waals surface area contributed by atoms with Gasteiger partial charge in [0.1, 0.15) is 22.6 Å². The fraction of sp³-hybridized carbons (Fsp3) is 0.250. The van der Waals surface area contributed by atoms with Crippen molar-refractivity contribution in [2.24, 2.45) is 5.73 Å². The van der Waals surface area contributed by atoms with Crippen LogP contribution >= 0.6 is 11.8 Å². The van der Waals surface area contributed by atoms with Crippen LogP contribution in [0.1, 0.15) is 17.9 Å². The van der Waals surface area contributed by atoms with Gasteiger partial charge in [0, 0.05) is 6.04 Å². The van der Waals surface area contributed by atoms with Crippen molar-refractivity contribution in [1.82, 2.24) is 19.9 Å². The average Bonchev–Trinajstić information content (AvgIpc) is 3.06. The number of thioether (sulfide) groups is 1. The van der Waals surface area contributed by atoms with Crippen molar-refractivity contribution in [2.75, 3.05) is 0 Å². The first-order valence-corrected chi connectivity index (χ1v) is 6.73. The number of rotatable bonds is 4. The van der Waals surface area contributed by atoms with E-state index in [1.54, 1.807) is 24.4 Å². The van der Waals surface area contributed by atoms with Gasteiger partial charge in [-0.05, 0) is 19.1 Å². The molecule has 0 radical (unpaired) electrons. The second kappa shape index (κ2) is 5.02. The lowest BCUT2D eigenvalue weighted by atomic mass is 10.2. The fourth-order valence-corrected chi connectivity index (χ4v) is 2.91. The van der Waals surface area contributed by atoms with Gasteiger partial charge in [0.2, 0.25) is 0 Å². The van der Waals surface area contributed by atoms with Gasteiger partial charge in [-0.15, -0.1) is 0 Å². The Morgan fingerprint density at radius 2 is 2.26 bits per heavy atom. The molecular formula is C12H13N5OS. The van der Waals surface area contributed by atoms with Crippen LogP contribution in [0.3, 0.4) is 0 Å². The Hall–Kier alpha value is -1.86. The molecule has 3 heterocycles. The van der Waals surface area contributed by atoms with Crippen LogP contribution in [0.2, 0.25) is 0 Å². The van der Waals surface area contributed by atoms with E-state index in [1.807, 2.05) is 19.1 Å². The molecule has 0 saturated carbocycles. The van der Waals surface area contributed by atoms with E-state index in [0.717, 1.165) is 16.3 Å². The molecule has 0 fully saturated rings. The van der Waals surface area contributed by atoms with Crippen molar-refractivity contribution in [3.63, 3.8) is 0 Å². The average molecular weight is 275 g/mol. The Labute approximate surface area is 113 Å². The molecule has 3 aromatic rings. The third-order valence-corrected chi connectivity index (χ3v) is 4.18. The first-order valence-electron chi connectivity index (χ1n) is 5.85. The second-order valence-electron chi connectivity index (χ2n) is 4.19. The number of hydrogen-bond donors (Lipinski definition) is 2. The second-order valence-corrected chi connectivity index (χ2v) is 5.32. The molecule has 3 N–H and O–H groups in total. The summed E-state index contributed by atoms with van der Waals surface area (Å²) in [5.41, 5.74) is 7.52. The Bertz CT molecular complexity index is 664. The number of aromatic nitrogens is 4. The summed E-state index contributed by atoms with van der Waals surface area (Å²) < 4.78 is 5.45. The van der Waals surface area contributed by atoms with Crippen LogP contribution in [0.4, 0.5) is 0 Å². The summed E-state index contributed by atoms with van der Waals surface area (Å²) in [6, 6.07) is 3.72. The molecule has 0 aromatic carbocycles. The highest BCUT2D eigenvalue weighted by Gasteiger charge is 2.22. The monoisotopic (exact) mass is 275 g/mol. The Morgan fingerprint density at radius 3 is 3.00 bits per heavy atom. The molecule has 6 nitrogen and oxygen atoms in total. The highest BCUT2D eigenvalue weighted by atomic mass is 32.2. The molecular weight excluding hydrogens is 262 g/mol. The van der Waals surface area contributed by atoms with Gasteiger partial charge in [-0.2, -0.15) is 0 Å². The maximum absolute atomic E-state index is 6.05. The van der Waals surface area contributed by atoms with Gasteiger partial charge in [0.25, 0.3) is 0 Å². The standard InChI is InChI=1S/C12H13N5OS/c1-7(13)10(8-3-2-4-18-8)19-12-9-11(15-5-14-9)16-6-17-12/h2-7,10H,13H2,1H3,(H,14,15,16,17). The highest BCUT2D eigenvalue weighted by molar-refractivity contribution is 7.99. The molecule has 98 valence electrons. The summed E-state index contributed by atoms with van der Waals surface area (Å²) in [6.45, 7) is 1.95. The van der Waals surface area contributed by atoms with E-state index in [4.69, 9.17) is 10.2 Å². The number of furan rings is 1. The summed E-state index contributed by atoms with van der Waals surface area (Å²) >= 11 is 1.55. The first kappa shape index (κ1) is 12.2. The maximum atomic E-state index is 6.05. The zero-order valence-corrected chi connectivity index (χ0v) is 11.1. The number of aromatic amines is 1. The van der Waals surface area contributed by atoms with E-state index in [-0.39, 0.29) is 11.3 Å². The lowest BCUT2D eigenvalue weighted by Crippen LogP contribution is -2.22. The number of imidazole rings is 1. The minimum absolute atomic E-state index is 0.00333. The van der Waals surface area contributed by atoms with Crippen molar-refractivity contribution in [1.29, 1.82) is 0 Å². The smallest absolute Gasteiger partial charge is 0.181 e. The molecule has 3 rings (SSSR count). The SMILES string of the molecule is CC(N)C(Sc1ncnc2nc[nH]c12)c1ccco1. The number of hydrogen-bond acceptors (Lipinski definition) is 6. The largest absolute Gasteiger partial charge is 0.468 e. The van der Waals surface area contributed by atoms with E-state index in [2.05, 4.69) is 19.9 Å². The van der Waals surface area contributed by atoms with Crippen molar-refractivity contribution < 1.29 is 4.42 Å². The molecule has 0 aliphatic rings. The predicted octanol–water partition coefficient (Wildman–Crippen LogP) is 2.13. The minimum atomic E-state index is -0.0657. The van der Waals surface area contributed by atoms with Gasteiger partial charge in [-0.3, -0.25) is 0 Å². The van der Waals surface area contributed by atoms with Gasteiger partial charge in [0.15, 0.2) is 5.65 Å². The Kier molecular flexibility index (Phi) is 3.22. The van der Waals surface area contributed by atoms with Crippen LogP contribution in [0, 0.1) is 0 Å². The number of H-pyrrole nitrogens is 1. The van der Waals surface area contributed by atoms with Crippen LogP contribution in [0.15, 0.2) is 40.5 Å². The third kappa shape index (κ3) is 2.34. The van der Waals surface area contributed by atoms with Gasteiger partial charge >= 0.3 is 0 Å². The first-order chi connectivity index (χ1) is 9.25. The van der Waals surface area contributed by atoms with Crippen LogP contribution in [-0.2, 0) is 0 Å². The lowest BCUT2D eigenvalue weighted by molar-refractivity contribution is 0.486. The van der Waals surface area contributed by atoms with Crippen LogP contribution in [0.5, 0.6) is 0 Å². The van der Waals surface area contributed by atoms with E-state index in [1.165, 1.54) is 6.33 Å². The summed E-state index contributed by atoms with van der Waals surface area (Å²) in [7, 11) is 0. The topological polar surface area (TPSA) is 93.6 Å². The van der Waals surface area contributed by atoms with E-state index in [9.17, 15) is 0 Å². The van der Waals surface area contributed by atoms with Gasteiger partial charge in [-0.1, -0.05) is 11.8 Å². The molecule has 2 atom stereocenters. The van der Waals surface area contributed by atoms with Crippen molar-refractivity contribution in [2.45, 2.75) is 23.2 Å². The van der Waals surface area contributed by atoms with Crippen molar-refractivity contribution >= 4 is 22.9 Å². The van der Waals surface area contributed by atoms with Crippen LogP contribution < -0.4 is 5.73 Å². The number of fused-ring (bicyclic) bond motifs is 1. The fourth-order valence-electron chi connectivity index (χ4n) is 1.83. The molecule has 0 aliphatic carbocycles. The lowest BCUT2D eigenvalue weighted by Gasteiger charge is -2.17. The molecule has 3 aromatic heterocycles. The van der Waals surface area contributed by atoms with Gasteiger partial charge in [0.05, 0.1) is 17.8 Å². The Morgan fingerprint density at radius 1 is 1.37 bits per heavy atom. The summed E-state index contributed by atoms with van der Waals surface area (Å²) in [5.74, 6) is 0.839. The highest BCUT2D eigenvalue weighted by Crippen LogP contribution is 2.38. The molecule has 0 aliphatic heterocycles. The molecule has 2 unspecified atom stereocenters. The number of nitrogens with one attached hydrogen (secondary N) is 1. The van der Waals surface area contributed by atoms with Gasteiger partial charge in [-0.25, -0.2) is 15.0 Å².